The normalized spacial score (nSPS) is 12.1. The minimum atomic E-state index is -3.45. The zero-order chi connectivity index (χ0) is 10.9. The Morgan fingerprint density at radius 3 is 2.29 bits per heavy atom. The van der Waals surface area contributed by atoms with E-state index in [2.05, 4.69) is 0 Å². The Kier molecular flexibility index (Phi) is 2.92. The van der Waals surface area contributed by atoms with Crippen LogP contribution in [0.5, 0.6) is 0 Å². The number of rotatable bonds is 2. The van der Waals surface area contributed by atoms with Gasteiger partial charge in [0.15, 0.2) is 0 Å². The number of hydrogen-bond donors (Lipinski definition) is 0. The van der Waals surface area contributed by atoms with Crippen LogP contribution in [-0.4, -0.2) is 26.8 Å². The molecule has 0 aliphatic heterocycles. The third-order valence-electron chi connectivity index (χ3n) is 1.91. The van der Waals surface area contributed by atoms with Gasteiger partial charge in [0.1, 0.15) is 5.82 Å². The van der Waals surface area contributed by atoms with Crippen LogP contribution in [0.15, 0.2) is 23.1 Å². The first kappa shape index (κ1) is 11.1. The lowest BCUT2D eigenvalue weighted by Crippen LogP contribution is -2.22. The number of halogens is 1. The fourth-order valence-electron chi connectivity index (χ4n) is 0.988. The molecule has 0 bridgehead atoms. The monoisotopic (exact) mass is 217 g/mol. The highest BCUT2D eigenvalue weighted by atomic mass is 32.2. The minimum Gasteiger partial charge on any atom is -0.207 e. The highest BCUT2D eigenvalue weighted by Crippen LogP contribution is 2.16. The molecule has 1 aromatic carbocycles. The lowest BCUT2D eigenvalue weighted by atomic mass is 10.2. The molecular formula is C9H12FNO2S. The Bertz CT molecular complexity index is 440. The fourth-order valence-corrected chi connectivity index (χ4v) is 1.98. The number of benzene rings is 1. The number of sulfonamides is 1. The molecule has 0 N–H and O–H groups in total. The molecular weight excluding hydrogens is 205 g/mol. The van der Waals surface area contributed by atoms with E-state index in [0.29, 0.717) is 5.56 Å². The molecule has 1 aromatic rings. The summed E-state index contributed by atoms with van der Waals surface area (Å²) in [4.78, 5) is 0.112. The largest absolute Gasteiger partial charge is 0.242 e. The van der Waals surface area contributed by atoms with Crippen molar-refractivity contribution in [1.29, 1.82) is 0 Å². The van der Waals surface area contributed by atoms with Gasteiger partial charge in [0, 0.05) is 14.1 Å². The number of nitrogens with zero attached hydrogens (tertiary/aromatic N) is 1. The molecule has 0 saturated carbocycles. The summed E-state index contributed by atoms with van der Waals surface area (Å²) >= 11 is 0. The maximum absolute atomic E-state index is 12.9. The van der Waals surface area contributed by atoms with Crippen molar-refractivity contribution in [1.82, 2.24) is 4.31 Å². The van der Waals surface area contributed by atoms with Gasteiger partial charge in [-0.2, -0.15) is 0 Å². The fraction of sp³-hybridized carbons (Fsp3) is 0.333. The standard InChI is InChI=1S/C9H12FNO2S/c1-7-6-8(4-5-9(7)10)14(12,13)11(2)3/h4-6H,1-3H3. The topological polar surface area (TPSA) is 37.4 Å². The van der Waals surface area contributed by atoms with Gasteiger partial charge in [-0.25, -0.2) is 17.1 Å². The third kappa shape index (κ3) is 1.93. The van der Waals surface area contributed by atoms with Crippen molar-refractivity contribution in [2.45, 2.75) is 11.8 Å². The van der Waals surface area contributed by atoms with E-state index >= 15 is 0 Å². The van der Waals surface area contributed by atoms with Crippen LogP contribution in [-0.2, 0) is 10.0 Å². The molecule has 1 rings (SSSR count). The van der Waals surface area contributed by atoms with Crippen molar-refractivity contribution < 1.29 is 12.8 Å². The predicted octanol–water partition coefficient (Wildman–Crippen LogP) is 1.38. The first-order valence-electron chi connectivity index (χ1n) is 4.04. The van der Waals surface area contributed by atoms with Gasteiger partial charge in [-0.15, -0.1) is 0 Å². The molecule has 78 valence electrons. The summed E-state index contributed by atoms with van der Waals surface area (Å²) in [6.07, 6.45) is 0. The SMILES string of the molecule is Cc1cc(S(=O)(=O)N(C)C)ccc1F. The van der Waals surface area contributed by atoms with E-state index in [9.17, 15) is 12.8 Å². The van der Waals surface area contributed by atoms with E-state index in [1.165, 1.54) is 33.2 Å². The van der Waals surface area contributed by atoms with Crippen molar-refractivity contribution in [3.05, 3.63) is 29.6 Å². The van der Waals surface area contributed by atoms with E-state index < -0.39 is 15.8 Å². The van der Waals surface area contributed by atoms with Gasteiger partial charge in [0.05, 0.1) is 4.90 Å². The van der Waals surface area contributed by atoms with E-state index in [1.807, 2.05) is 0 Å². The van der Waals surface area contributed by atoms with Crippen LogP contribution in [0, 0.1) is 12.7 Å². The van der Waals surface area contributed by atoms with Crippen LogP contribution in [0.4, 0.5) is 4.39 Å². The van der Waals surface area contributed by atoms with Crippen molar-refractivity contribution in [2.24, 2.45) is 0 Å². The maximum atomic E-state index is 12.9. The second-order valence-electron chi connectivity index (χ2n) is 3.20. The first-order chi connectivity index (χ1) is 6.35. The molecule has 0 unspecified atom stereocenters. The van der Waals surface area contributed by atoms with Gasteiger partial charge in [-0.3, -0.25) is 0 Å². The van der Waals surface area contributed by atoms with Gasteiger partial charge in [-0.05, 0) is 30.7 Å². The predicted molar refractivity (Wildman–Crippen MR) is 52.0 cm³/mol. The van der Waals surface area contributed by atoms with Crippen molar-refractivity contribution in [3.8, 4) is 0 Å². The molecule has 14 heavy (non-hydrogen) atoms. The highest BCUT2D eigenvalue weighted by molar-refractivity contribution is 7.89. The molecule has 0 saturated heterocycles. The Morgan fingerprint density at radius 1 is 1.29 bits per heavy atom. The van der Waals surface area contributed by atoms with Gasteiger partial charge >= 0.3 is 0 Å². The Balaban J connectivity index is 3.29. The van der Waals surface area contributed by atoms with Gasteiger partial charge in [0.2, 0.25) is 10.0 Å². The molecule has 0 amide bonds. The van der Waals surface area contributed by atoms with Crippen LogP contribution >= 0.6 is 0 Å². The molecule has 0 atom stereocenters. The van der Waals surface area contributed by atoms with E-state index in [-0.39, 0.29) is 4.90 Å². The molecule has 0 fully saturated rings. The molecule has 0 spiro atoms. The third-order valence-corrected chi connectivity index (χ3v) is 3.72. The van der Waals surface area contributed by atoms with E-state index in [0.717, 1.165) is 10.4 Å². The molecule has 0 aliphatic carbocycles. The maximum Gasteiger partial charge on any atom is 0.242 e. The van der Waals surface area contributed by atoms with Gasteiger partial charge in [0.25, 0.3) is 0 Å². The molecule has 3 nitrogen and oxygen atoms in total. The van der Waals surface area contributed by atoms with Gasteiger partial charge < -0.3 is 0 Å². The second kappa shape index (κ2) is 3.67. The highest BCUT2D eigenvalue weighted by Gasteiger charge is 2.17. The minimum absolute atomic E-state index is 0.112. The van der Waals surface area contributed by atoms with Crippen LogP contribution in [0.1, 0.15) is 5.56 Å². The Morgan fingerprint density at radius 2 is 1.86 bits per heavy atom. The summed E-state index contributed by atoms with van der Waals surface area (Å²) in [5.41, 5.74) is 0.327. The average molecular weight is 217 g/mol. The average Bonchev–Trinajstić information content (AvgIpc) is 2.09. The molecule has 5 heteroatoms. The number of hydrogen-bond acceptors (Lipinski definition) is 2. The summed E-state index contributed by atoms with van der Waals surface area (Å²) in [5, 5.41) is 0. The van der Waals surface area contributed by atoms with E-state index in [1.54, 1.807) is 0 Å². The van der Waals surface area contributed by atoms with Crippen LogP contribution < -0.4 is 0 Å². The Labute approximate surface area is 83.2 Å². The van der Waals surface area contributed by atoms with Crippen LogP contribution in [0.2, 0.25) is 0 Å². The van der Waals surface area contributed by atoms with Crippen molar-refractivity contribution in [2.75, 3.05) is 14.1 Å². The summed E-state index contributed by atoms with van der Waals surface area (Å²) < 4.78 is 37.2. The molecule has 0 radical (unpaired) electrons. The van der Waals surface area contributed by atoms with Crippen molar-refractivity contribution in [3.63, 3.8) is 0 Å². The van der Waals surface area contributed by atoms with Crippen molar-refractivity contribution >= 4 is 10.0 Å². The zero-order valence-corrected chi connectivity index (χ0v) is 9.10. The summed E-state index contributed by atoms with van der Waals surface area (Å²) in [6.45, 7) is 1.53. The second-order valence-corrected chi connectivity index (χ2v) is 5.35. The Hall–Kier alpha value is -0.940. The van der Waals surface area contributed by atoms with Crippen LogP contribution in [0.3, 0.4) is 0 Å². The number of aryl methyl sites for hydroxylation is 1. The summed E-state index contributed by atoms with van der Waals surface area (Å²) in [5.74, 6) is -0.400. The quantitative estimate of drug-likeness (QED) is 0.750. The van der Waals surface area contributed by atoms with Gasteiger partial charge in [-0.1, -0.05) is 0 Å². The summed E-state index contributed by atoms with van der Waals surface area (Å²) in [7, 11) is -0.572. The molecule has 0 heterocycles. The van der Waals surface area contributed by atoms with Crippen LogP contribution in [0.25, 0.3) is 0 Å². The van der Waals surface area contributed by atoms with E-state index in [4.69, 9.17) is 0 Å². The molecule has 0 aromatic heterocycles. The first-order valence-corrected chi connectivity index (χ1v) is 5.48. The smallest absolute Gasteiger partial charge is 0.207 e. The zero-order valence-electron chi connectivity index (χ0n) is 8.28. The summed E-state index contributed by atoms with van der Waals surface area (Å²) in [6, 6.07) is 3.74. The lowest BCUT2D eigenvalue weighted by molar-refractivity contribution is 0.520. The lowest BCUT2D eigenvalue weighted by Gasteiger charge is -2.11. The molecule has 0 aliphatic rings.